The van der Waals surface area contributed by atoms with Gasteiger partial charge in [0.25, 0.3) is 5.91 Å². The predicted octanol–water partition coefficient (Wildman–Crippen LogP) is 3.25. The van der Waals surface area contributed by atoms with E-state index in [1.807, 2.05) is 7.05 Å². The number of aromatic nitrogens is 1. The van der Waals surface area contributed by atoms with Crippen LogP contribution in [0.4, 0.5) is 4.39 Å². The number of pyridine rings is 1. The second-order valence-corrected chi connectivity index (χ2v) is 6.05. The Bertz CT molecular complexity index is 798. The molecule has 0 atom stereocenters. The topological polar surface area (TPSA) is 33.2 Å². The molecule has 0 bridgehead atoms. The van der Waals surface area contributed by atoms with Gasteiger partial charge in [-0.05, 0) is 50.1 Å². The number of hydrogen-bond acceptors (Lipinski definition) is 2. The molecule has 0 radical (unpaired) electrons. The van der Waals surface area contributed by atoms with Crippen molar-refractivity contribution in [2.45, 2.75) is 25.3 Å². The molecule has 4 heteroatoms. The lowest BCUT2D eigenvalue weighted by atomic mass is 10.2. The van der Waals surface area contributed by atoms with Gasteiger partial charge in [0, 0.05) is 29.9 Å². The van der Waals surface area contributed by atoms with Gasteiger partial charge in [-0.25, -0.2) is 9.37 Å². The summed E-state index contributed by atoms with van der Waals surface area (Å²) in [7, 11) is 1.81. The minimum absolute atomic E-state index is 0.0192. The maximum Gasteiger partial charge on any atom is 0.272 e. The molecule has 3 nitrogen and oxygen atoms in total. The van der Waals surface area contributed by atoms with Crippen LogP contribution < -0.4 is 0 Å². The van der Waals surface area contributed by atoms with Gasteiger partial charge in [0.1, 0.15) is 11.5 Å². The SMILES string of the molecule is CN(C(=O)c1ccc(C#Cc2cccc(F)c2)cn1)C1(C)CC1. The minimum atomic E-state index is -0.313. The number of halogens is 1. The van der Waals surface area contributed by atoms with Gasteiger partial charge in [-0.3, -0.25) is 4.79 Å². The molecule has 1 heterocycles. The third-order valence-electron chi connectivity index (χ3n) is 4.25. The first-order chi connectivity index (χ1) is 11.0. The van der Waals surface area contributed by atoms with Gasteiger partial charge in [0.2, 0.25) is 0 Å². The molecule has 0 aliphatic heterocycles. The molecule has 1 saturated carbocycles. The molecule has 0 spiro atoms. The summed E-state index contributed by atoms with van der Waals surface area (Å²) in [5.41, 5.74) is 1.68. The maximum absolute atomic E-state index is 13.1. The standard InChI is InChI=1S/C19H17FN2O/c1-19(10-11-19)22(2)18(23)17-9-8-15(13-21-17)7-6-14-4-3-5-16(20)12-14/h3-5,8-9,12-13H,10-11H2,1-2H3. The van der Waals surface area contributed by atoms with Gasteiger partial charge >= 0.3 is 0 Å². The fourth-order valence-electron chi connectivity index (χ4n) is 2.24. The molecule has 0 N–H and O–H groups in total. The van der Waals surface area contributed by atoms with Crippen molar-refractivity contribution in [2.75, 3.05) is 7.05 Å². The Morgan fingerprint density at radius 3 is 2.57 bits per heavy atom. The van der Waals surface area contributed by atoms with Gasteiger partial charge in [-0.1, -0.05) is 17.9 Å². The Balaban J connectivity index is 1.74. The molecule has 1 aromatic carbocycles. The molecule has 1 aliphatic rings. The molecule has 1 aromatic heterocycles. The zero-order chi connectivity index (χ0) is 16.4. The summed E-state index contributed by atoms with van der Waals surface area (Å²) < 4.78 is 13.1. The Labute approximate surface area is 135 Å². The van der Waals surface area contributed by atoms with Crippen molar-refractivity contribution in [1.29, 1.82) is 0 Å². The zero-order valence-electron chi connectivity index (χ0n) is 13.1. The van der Waals surface area contributed by atoms with E-state index in [9.17, 15) is 9.18 Å². The third-order valence-corrected chi connectivity index (χ3v) is 4.25. The maximum atomic E-state index is 13.1. The Hall–Kier alpha value is -2.67. The van der Waals surface area contributed by atoms with E-state index >= 15 is 0 Å². The molecule has 1 fully saturated rings. The fourth-order valence-corrected chi connectivity index (χ4v) is 2.24. The summed E-state index contributed by atoms with van der Waals surface area (Å²) in [5.74, 6) is 5.42. The van der Waals surface area contributed by atoms with Crippen molar-refractivity contribution in [3.8, 4) is 11.8 Å². The molecule has 23 heavy (non-hydrogen) atoms. The van der Waals surface area contributed by atoms with Crippen LogP contribution in [0.5, 0.6) is 0 Å². The molecular weight excluding hydrogens is 291 g/mol. The third kappa shape index (κ3) is 3.40. The van der Waals surface area contributed by atoms with Gasteiger partial charge in [0.05, 0.1) is 0 Å². The highest BCUT2D eigenvalue weighted by Crippen LogP contribution is 2.40. The van der Waals surface area contributed by atoms with Crippen LogP contribution in [0.3, 0.4) is 0 Å². The number of benzene rings is 1. The van der Waals surface area contributed by atoms with E-state index < -0.39 is 0 Å². The molecule has 0 saturated heterocycles. The van der Waals surface area contributed by atoms with Gasteiger partial charge < -0.3 is 4.90 Å². The highest BCUT2D eigenvalue weighted by atomic mass is 19.1. The minimum Gasteiger partial charge on any atom is -0.335 e. The van der Waals surface area contributed by atoms with E-state index in [0.717, 1.165) is 12.8 Å². The van der Waals surface area contributed by atoms with Crippen molar-refractivity contribution < 1.29 is 9.18 Å². The molecule has 2 aromatic rings. The van der Waals surface area contributed by atoms with Gasteiger partial charge in [-0.2, -0.15) is 0 Å². The van der Waals surface area contributed by atoms with Crippen molar-refractivity contribution >= 4 is 5.91 Å². The average Bonchev–Trinajstić information content (AvgIpc) is 3.31. The Morgan fingerprint density at radius 2 is 1.96 bits per heavy atom. The number of nitrogens with zero attached hydrogens (tertiary/aromatic N) is 2. The second kappa shape index (κ2) is 5.85. The predicted molar refractivity (Wildman–Crippen MR) is 86.3 cm³/mol. The highest BCUT2D eigenvalue weighted by Gasteiger charge is 2.44. The first-order valence-corrected chi connectivity index (χ1v) is 7.50. The zero-order valence-corrected chi connectivity index (χ0v) is 13.1. The van der Waals surface area contributed by atoms with Gasteiger partial charge in [-0.15, -0.1) is 0 Å². The summed E-state index contributed by atoms with van der Waals surface area (Å²) in [6.07, 6.45) is 3.64. The van der Waals surface area contributed by atoms with Gasteiger partial charge in [0.15, 0.2) is 0 Å². The highest BCUT2D eigenvalue weighted by molar-refractivity contribution is 5.92. The summed E-state index contributed by atoms with van der Waals surface area (Å²) >= 11 is 0. The lowest BCUT2D eigenvalue weighted by molar-refractivity contribution is 0.0718. The van der Waals surface area contributed by atoms with Crippen molar-refractivity contribution in [3.05, 3.63) is 65.2 Å². The smallest absolute Gasteiger partial charge is 0.272 e. The average molecular weight is 308 g/mol. The summed E-state index contributed by atoms with van der Waals surface area (Å²) in [4.78, 5) is 18.3. The molecule has 0 unspecified atom stereocenters. The first kappa shape index (κ1) is 15.2. The number of amides is 1. The monoisotopic (exact) mass is 308 g/mol. The van der Waals surface area contributed by atoms with Crippen LogP contribution in [0.25, 0.3) is 0 Å². The van der Waals surface area contributed by atoms with Crippen molar-refractivity contribution in [3.63, 3.8) is 0 Å². The fraction of sp³-hybridized carbons (Fsp3) is 0.263. The van der Waals surface area contributed by atoms with E-state index in [0.29, 0.717) is 16.8 Å². The number of hydrogen-bond donors (Lipinski definition) is 0. The molecule has 3 rings (SSSR count). The van der Waals surface area contributed by atoms with E-state index in [1.165, 1.54) is 12.1 Å². The lowest BCUT2D eigenvalue weighted by Gasteiger charge is -2.23. The Kier molecular flexibility index (Phi) is 3.87. The summed E-state index contributed by atoms with van der Waals surface area (Å²) in [6, 6.07) is 9.56. The molecule has 1 aliphatic carbocycles. The van der Waals surface area contributed by atoms with Crippen LogP contribution >= 0.6 is 0 Å². The van der Waals surface area contributed by atoms with Crippen molar-refractivity contribution in [2.24, 2.45) is 0 Å². The molecular formula is C19H17FN2O. The van der Waals surface area contributed by atoms with E-state index in [1.54, 1.807) is 35.4 Å². The Morgan fingerprint density at radius 1 is 1.22 bits per heavy atom. The summed E-state index contributed by atoms with van der Waals surface area (Å²) in [5, 5.41) is 0. The number of rotatable bonds is 2. The van der Waals surface area contributed by atoms with Crippen molar-refractivity contribution in [1.82, 2.24) is 9.88 Å². The van der Waals surface area contributed by atoms with E-state index in [4.69, 9.17) is 0 Å². The molecule has 116 valence electrons. The van der Waals surface area contributed by atoms with Crippen LogP contribution in [0.15, 0.2) is 42.6 Å². The van der Waals surface area contributed by atoms with Crippen LogP contribution in [0.1, 0.15) is 41.4 Å². The van der Waals surface area contributed by atoms with E-state index in [2.05, 4.69) is 23.7 Å². The van der Waals surface area contributed by atoms with E-state index in [-0.39, 0.29) is 17.3 Å². The largest absolute Gasteiger partial charge is 0.335 e. The molecule has 1 amide bonds. The van der Waals surface area contributed by atoms with Crippen LogP contribution in [0.2, 0.25) is 0 Å². The first-order valence-electron chi connectivity index (χ1n) is 7.50. The van der Waals surface area contributed by atoms with Crippen LogP contribution in [0, 0.1) is 17.7 Å². The number of carbonyl (C=O) groups excluding carboxylic acids is 1. The van der Waals surface area contributed by atoms with Crippen LogP contribution in [-0.4, -0.2) is 28.4 Å². The quantitative estimate of drug-likeness (QED) is 0.798. The summed E-state index contributed by atoms with van der Waals surface area (Å²) in [6.45, 7) is 2.07. The normalized spacial score (nSPS) is 14.6. The lowest BCUT2D eigenvalue weighted by Crippen LogP contribution is -2.37. The van der Waals surface area contributed by atoms with Crippen LogP contribution in [-0.2, 0) is 0 Å². The number of carbonyl (C=O) groups is 1. The second-order valence-electron chi connectivity index (χ2n) is 6.05.